The lowest BCUT2D eigenvalue weighted by molar-refractivity contribution is 0.0928. The number of thiocarbonyl (C=S) groups is 1. The third kappa shape index (κ3) is 7.12. The number of hydrogen-bond acceptors (Lipinski definition) is 3. The van der Waals surface area contributed by atoms with Crippen LogP contribution in [0.2, 0.25) is 0 Å². The van der Waals surface area contributed by atoms with E-state index in [1.54, 1.807) is 0 Å². The van der Waals surface area contributed by atoms with Crippen LogP contribution in [0.15, 0.2) is 0 Å². The van der Waals surface area contributed by atoms with E-state index >= 15 is 0 Å². The van der Waals surface area contributed by atoms with Crippen molar-refractivity contribution in [1.82, 2.24) is 5.48 Å². The highest BCUT2D eigenvalue weighted by Gasteiger charge is 1.90. The number of urea groups is 1. The molecule has 5 nitrogen and oxygen atoms in total. The maximum Gasteiger partial charge on any atom is 0.336 e. The van der Waals surface area contributed by atoms with Gasteiger partial charge >= 0.3 is 6.03 Å². The van der Waals surface area contributed by atoms with E-state index in [1.165, 1.54) is 0 Å². The maximum atomic E-state index is 9.88. The van der Waals surface area contributed by atoms with E-state index in [2.05, 4.69) is 22.8 Å². The molecule has 52 valence electrons. The fraction of sp³-hybridized carbons (Fsp3) is 0.333. The van der Waals surface area contributed by atoms with Crippen molar-refractivity contribution in [2.75, 3.05) is 6.61 Å². The average Bonchev–Trinajstić information content (AvgIpc) is 1.63. The molecule has 0 atom stereocenters. The Hall–Kier alpha value is -0.880. The van der Waals surface area contributed by atoms with Crippen LogP contribution in [0.1, 0.15) is 0 Å². The Kier molecular flexibility index (Phi) is 3.65. The minimum Gasteiger partial charge on any atom is -0.391 e. The van der Waals surface area contributed by atoms with Crippen LogP contribution in [0.4, 0.5) is 4.79 Å². The van der Waals surface area contributed by atoms with Crippen LogP contribution < -0.4 is 16.9 Å². The quantitative estimate of drug-likeness (QED) is 0.350. The molecule has 0 aliphatic carbocycles. The van der Waals surface area contributed by atoms with Gasteiger partial charge in [-0.25, -0.2) is 10.3 Å². The SMILES string of the molecule is NC(=O)NOCC(N)=S. The van der Waals surface area contributed by atoms with Gasteiger partial charge in [0.15, 0.2) is 0 Å². The number of carbonyl (C=O) groups excluding carboxylic acids is 1. The second-order valence-electron chi connectivity index (χ2n) is 1.22. The van der Waals surface area contributed by atoms with E-state index < -0.39 is 6.03 Å². The summed E-state index contributed by atoms with van der Waals surface area (Å²) < 4.78 is 0. The summed E-state index contributed by atoms with van der Waals surface area (Å²) >= 11 is 4.41. The Morgan fingerprint density at radius 2 is 2.22 bits per heavy atom. The molecular formula is C3H7N3O2S. The second-order valence-corrected chi connectivity index (χ2v) is 1.75. The van der Waals surface area contributed by atoms with Crippen LogP contribution in [-0.4, -0.2) is 17.6 Å². The summed E-state index contributed by atoms with van der Waals surface area (Å²) in [5.41, 5.74) is 11.5. The van der Waals surface area contributed by atoms with Gasteiger partial charge in [0.2, 0.25) is 0 Å². The van der Waals surface area contributed by atoms with Gasteiger partial charge in [0.25, 0.3) is 0 Å². The highest BCUT2D eigenvalue weighted by Crippen LogP contribution is 1.67. The van der Waals surface area contributed by atoms with Gasteiger partial charge in [-0.2, -0.15) is 0 Å². The zero-order valence-corrected chi connectivity index (χ0v) is 5.40. The highest BCUT2D eigenvalue weighted by atomic mass is 32.1. The molecule has 0 heterocycles. The van der Waals surface area contributed by atoms with Gasteiger partial charge in [-0.05, 0) is 0 Å². The fourth-order valence-corrected chi connectivity index (χ4v) is 0.237. The number of primary amides is 1. The molecule has 0 aliphatic heterocycles. The largest absolute Gasteiger partial charge is 0.391 e. The molecule has 0 saturated heterocycles. The number of hydroxylamine groups is 1. The molecular weight excluding hydrogens is 142 g/mol. The molecule has 5 N–H and O–H groups in total. The summed E-state index contributed by atoms with van der Waals surface area (Å²) in [6.07, 6.45) is 0. The number of hydrogen-bond donors (Lipinski definition) is 3. The molecule has 0 aromatic carbocycles. The van der Waals surface area contributed by atoms with Crippen molar-refractivity contribution < 1.29 is 9.63 Å². The van der Waals surface area contributed by atoms with Crippen molar-refractivity contribution >= 4 is 23.2 Å². The number of carbonyl (C=O) groups is 1. The number of amides is 2. The van der Waals surface area contributed by atoms with E-state index in [0.29, 0.717) is 0 Å². The first-order valence-electron chi connectivity index (χ1n) is 2.08. The van der Waals surface area contributed by atoms with Crippen molar-refractivity contribution in [2.45, 2.75) is 0 Å². The molecule has 6 heteroatoms. The minimum atomic E-state index is -0.772. The minimum absolute atomic E-state index is 0.00171. The van der Waals surface area contributed by atoms with Gasteiger partial charge in [0, 0.05) is 0 Å². The van der Waals surface area contributed by atoms with Crippen molar-refractivity contribution in [3.8, 4) is 0 Å². The molecule has 2 amide bonds. The standard InChI is InChI=1S/C3H7N3O2S/c4-2(9)1-8-6-3(5)7/h1H2,(H2,4,9)(H3,5,6,7). The summed E-state index contributed by atoms with van der Waals surface area (Å²) in [6.45, 7) is -0.00171. The highest BCUT2D eigenvalue weighted by molar-refractivity contribution is 7.80. The summed E-state index contributed by atoms with van der Waals surface area (Å²) in [5, 5.41) is 0. The molecule has 0 bridgehead atoms. The topological polar surface area (TPSA) is 90.4 Å². The molecule has 0 fully saturated rings. The summed E-state index contributed by atoms with van der Waals surface area (Å²) in [4.78, 5) is 14.4. The zero-order chi connectivity index (χ0) is 7.28. The van der Waals surface area contributed by atoms with E-state index in [0.717, 1.165) is 0 Å². The van der Waals surface area contributed by atoms with Gasteiger partial charge < -0.3 is 11.5 Å². The summed E-state index contributed by atoms with van der Waals surface area (Å²) in [7, 11) is 0. The first kappa shape index (κ1) is 8.12. The molecule has 0 spiro atoms. The molecule has 0 radical (unpaired) electrons. The van der Waals surface area contributed by atoms with E-state index in [4.69, 9.17) is 5.73 Å². The van der Waals surface area contributed by atoms with E-state index in [-0.39, 0.29) is 11.6 Å². The Bertz CT molecular complexity index is 112. The number of nitrogens with two attached hydrogens (primary N) is 2. The summed E-state index contributed by atoms with van der Waals surface area (Å²) in [6, 6.07) is -0.772. The van der Waals surface area contributed by atoms with Crippen molar-refractivity contribution in [3.63, 3.8) is 0 Å². The molecule has 0 aromatic heterocycles. The normalized spacial score (nSPS) is 8.44. The van der Waals surface area contributed by atoms with E-state index in [9.17, 15) is 4.79 Å². The number of rotatable bonds is 3. The average molecular weight is 149 g/mol. The Morgan fingerprint density at radius 1 is 1.67 bits per heavy atom. The van der Waals surface area contributed by atoms with Gasteiger partial charge in [-0.3, -0.25) is 4.84 Å². The molecule has 0 unspecified atom stereocenters. The van der Waals surface area contributed by atoms with Crippen molar-refractivity contribution in [2.24, 2.45) is 11.5 Å². The smallest absolute Gasteiger partial charge is 0.336 e. The molecule has 0 aliphatic rings. The molecule has 0 saturated carbocycles. The van der Waals surface area contributed by atoms with Crippen molar-refractivity contribution in [3.05, 3.63) is 0 Å². The van der Waals surface area contributed by atoms with Gasteiger partial charge in [-0.15, -0.1) is 0 Å². The molecule has 0 rings (SSSR count). The second kappa shape index (κ2) is 4.04. The zero-order valence-electron chi connectivity index (χ0n) is 4.59. The first-order chi connectivity index (χ1) is 4.13. The lowest BCUT2D eigenvalue weighted by atomic mass is 10.7. The monoisotopic (exact) mass is 149 g/mol. The van der Waals surface area contributed by atoms with Crippen LogP contribution >= 0.6 is 12.2 Å². The Labute approximate surface area is 57.3 Å². The van der Waals surface area contributed by atoms with Crippen LogP contribution in [0.25, 0.3) is 0 Å². The van der Waals surface area contributed by atoms with E-state index in [1.807, 2.05) is 5.48 Å². The first-order valence-corrected chi connectivity index (χ1v) is 2.49. The maximum absolute atomic E-state index is 9.88. The third-order valence-corrected chi connectivity index (χ3v) is 0.505. The van der Waals surface area contributed by atoms with Gasteiger partial charge in [0.05, 0.1) is 0 Å². The third-order valence-electron chi connectivity index (χ3n) is 0.387. The Morgan fingerprint density at radius 3 is 2.56 bits per heavy atom. The van der Waals surface area contributed by atoms with Gasteiger partial charge in [0.1, 0.15) is 11.6 Å². The predicted molar refractivity (Wildman–Crippen MR) is 35.5 cm³/mol. The lowest BCUT2D eigenvalue weighted by Crippen LogP contribution is -2.32. The fourth-order valence-electron chi connectivity index (χ4n) is 0.178. The number of nitrogens with one attached hydrogen (secondary N) is 1. The van der Waals surface area contributed by atoms with Crippen LogP contribution in [-0.2, 0) is 4.84 Å². The Balaban J connectivity index is 3.10. The summed E-state index contributed by atoms with van der Waals surface area (Å²) in [5.74, 6) is 0. The van der Waals surface area contributed by atoms with Crippen molar-refractivity contribution in [1.29, 1.82) is 0 Å². The predicted octanol–water partition coefficient (Wildman–Crippen LogP) is -1.13. The van der Waals surface area contributed by atoms with Crippen LogP contribution in [0.5, 0.6) is 0 Å². The van der Waals surface area contributed by atoms with Crippen LogP contribution in [0, 0.1) is 0 Å². The molecule has 9 heavy (non-hydrogen) atoms. The van der Waals surface area contributed by atoms with Crippen LogP contribution in [0.3, 0.4) is 0 Å². The molecule has 0 aromatic rings. The lowest BCUT2D eigenvalue weighted by Gasteiger charge is -1.98. The van der Waals surface area contributed by atoms with Gasteiger partial charge in [-0.1, -0.05) is 12.2 Å².